The Bertz CT molecular complexity index is 240. The van der Waals surface area contributed by atoms with Crippen LogP contribution in [0.2, 0.25) is 0 Å². The Labute approximate surface area is 85.6 Å². The first-order valence-electron chi connectivity index (χ1n) is 5.16. The standard InChI is InChI=1S/C11H18N2O/c1-4-10(5-2)13-11(14)8(3)9-6-12-7-9/h1,8-10,12H,5-7H2,2-3H3,(H,13,14). The Balaban J connectivity index is 2.36. The number of rotatable bonds is 4. The van der Waals surface area contributed by atoms with Gasteiger partial charge in [0.05, 0.1) is 6.04 Å². The van der Waals surface area contributed by atoms with Gasteiger partial charge in [-0.3, -0.25) is 4.79 Å². The van der Waals surface area contributed by atoms with Crippen molar-refractivity contribution in [2.75, 3.05) is 13.1 Å². The summed E-state index contributed by atoms with van der Waals surface area (Å²) in [6.07, 6.45) is 6.07. The summed E-state index contributed by atoms with van der Waals surface area (Å²) < 4.78 is 0. The summed E-state index contributed by atoms with van der Waals surface area (Å²) in [6.45, 7) is 5.83. The van der Waals surface area contributed by atoms with Crippen LogP contribution in [0.1, 0.15) is 20.3 Å². The minimum atomic E-state index is -0.113. The van der Waals surface area contributed by atoms with Crippen LogP contribution in [0, 0.1) is 24.2 Å². The maximum absolute atomic E-state index is 11.7. The maximum atomic E-state index is 11.7. The van der Waals surface area contributed by atoms with Crippen LogP contribution < -0.4 is 10.6 Å². The first-order valence-corrected chi connectivity index (χ1v) is 5.16. The number of carbonyl (C=O) groups excluding carboxylic acids is 1. The normalized spacial score (nSPS) is 20.4. The van der Waals surface area contributed by atoms with E-state index in [0.717, 1.165) is 19.5 Å². The third kappa shape index (κ3) is 2.49. The second-order valence-electron chi connectivity index (χ2n) is 3.84. The van der Waals surface area contributed by atoms with Crippen LogP contribution in [0.4, 0.5) is 0 Å². The van der Waals surface area contributed by atoms with Crippen molar-refractivity contribution in [3.05, 3.63) is 0 Å². The van der Waals surface area contributed by atoms with Crippen molar-refractivity contribution in [3.63, 3.8) is 0 Å². The van der Waals surface area contributed by atoms with E-state index in [2.05, 4.69) is 16.6 Å². The van der Waals surface area contributed by atoms with E-state index in [0.29, 0.717) is 5.92 Å². The molecule has 3 nitrogen and oxygen atoms in total. The van der Waals surface area contributed by atoms with Crippen molar-refractivity contribution in [2.45, 2.75) is 26.3 Å². The molecule has 1 aliphatic rings. The number of nitrogens with one attached hydrogen (secondary N) is 2. The molecule has 0 spiro atoms. The SMILES string of the molecule is C#CC(CC)NC(=O)C(C)C1CNC1. The molecule has 0 radical (unpaired) electrons. The van der Waals surface area contributed by atoms with Gasteiger partial charge in [0, 0.05) is 5.92 Å². The van der Waals surface area contributed by atoms with E-state index in [-0.39, 0.29) is 17.9 Å². The van der Waals surface area contributed by atoms with Gasteiger partial charge in [-0.05, 0) is 25.4 Å². The molecule has 2 atom stereocenters. The number of carbonyl (C=O) groups is 1. The molecule has 3 heteroatoms. The van der Waals surface area contributed by atoms with Gasteiger partial charge in [-0.2, -0.15) is 0 Å². The van der Waals surface area contributed by atoms with Crippen molar-refractivity contribution >= 4 is 5.91 Å². The van der Waals surface area contributed by atoms with Gasteiger partial charge in [0.2, 0.25) is 5.91 Å². The highest BCUT2D eigenvalue weighted by atomic mass is 16.1. The van der Waals surface area contributed by atoms with E-state index in [1.807, 2.05) is 13.8 Å². The topological polar surface area (TPSA) is 41.1 Å². The molecule has 0 aromatic rings. The molecule has 1 amide bonds. The largest absolute Gasteiger partial charge is 0.342 e. The highest BCUT2D eigenvalue weighted by molar-refractivity contribution is 5.79. The first kappa shape index (κ1) is 11.1. The van der Waals surface area contributed by atoms with E-state index in [1.165, 1.54) is 0 Å². The second kappa shape index (κ2) is 5.02. The molecule has 1 rings (SSSR count). The van der Waals surface area contributed by atoms with E-state index in [9.17, 15) is 4.79 Å². The second-order valence-corrected chi connectivity index (χ2v) is 3.84. The highest BCUT2D eigenvalue weighted by Gasteiger charge is 2.29. The third-order valence-electron chi connectivity index (χ3n) is 2.86. The predicted octanol–water partition coefficient (Wildman–Crippen LogP) is 0.370. The van der Waals surface area contributed by atoms with Gasteiger partial charge in [-0.15, -0.1) is 6.42 Å². The zero-order valence-corrected chi connectivity index (χ0v) is 8.84. The van der Waals surface area contributed by atoms with Crippen LogP contribution in [0.25, 0.3) is 0 Å². The highest BCUT2D eigenvalue weighted by Crippen LogP contribution is 2.15. The minimum Gasteiger partial charge on any atom is -0.342 e. The summed E-state index contributed by atoms with van der Waals surface area (Å²) in [5.41, 5.74) is 0. The first-order chi connectivity index (χ1) is 6.69. The van der Waals surface area contributed by atoms with E-state index < -0.39 is 0 Å². The Kier molecular flexibility index (Phi) is 3.97. The molecule has 0 aromatic heterocycles. The quantitative estimate of drug-likeness (QED) is 0.635. The lowest BCUT2D eigenvalue weighted by molar-refractivity contribution is -0.127. The fourth-order valence-electron chi connectivity index (χ4n) is 1.44. The van der Waals surface area contributed by atoms with Gasteiger partial charge in [0.1, 0.15) is 0 Å². The molecule has 14 heavy (non-hydrogen) atoms. The molecule has 0 aliphatic carbocycles. The molecule has 1 fully saturated rings. The van der Waals surface area contributed by atoms with Gasteiger partial charge in [-0.25, -0.2) is 0 Å². The number of hydrogen-bond donors (Lipinski definition) is 2. The lowest BCUT2D eigenvalue weighted by Crippen LogP contribution is -2.50. The predicted molar refractivity (Wildman–Crippen MR) is 56.6 cm³/mol. The van der Waals surface area contributed by atoms with Gasteiger partial charge in [0.25, 0.3) is 0 Å². The molecule has 0 saturated carbocycles. The fourth-order valence-corrected chi connectivity index (χ4v) is 1.44. The maximum Gasteiger partial charge on any atom is 0.224 e. The third-order valence-corrected chi connectivity index (χ3v) is 2.86. The summed E-state index contributed by atoms with van der Waals surface area (Å²) >= 11 is 0. The van der Waals surface area contributed by atoms with E-state index >= 15 is 0 Å². The van der Waals surface area contributed by atoms with Crippen molar-refractivity contribution in [1.29, 1.82) is 0 Å². The monoisotopic (exact) mass is 194 g/mol. The smallest absolute Gasteiger partial charge is 0.224 e. The van der Waals surface area contributed by atoms with E-state index in [1.54, 1.807) is 0 Å². The van der Waals surface area contributed by atoms with Crippen molar-refractivity contribution in [1.82, 2.24) is 10.6 Å². The van der Waals surface area contributed by atoms with E-state index in [4.69, 9.17) is 6.42 Å². The van der Waals surface area contributed by atoms with Crippen molar-refractivity contribution < 1.29 is 4.79 Å². The van der Waals surface area contributed by atoms with Gasteiger partial charge in [-0.1, -0.05) is 19.8 Å². The summed E-state index contributed by atoms with van der Waals surface area (Å²) in [5.74, 6) is 3.19. The molecular weight excluding hydrogens is 176 g/mol. The molecule has 1 aliphatic heterocycles. The van der Waals surface area contributed by atoms with Crippen LogP contribution in [0.15, 0.2) is 0 Å². The Morgan fingerprint density at radius 2 is 2.36 bits per heavy atom. The summed E-state index contributed by atoms with van der Waals surface area (Å²) in [5, 5.41) is 6.02. The molecule has 0 aromatic carbocycles. The molecule has 2 unspecified atom stereocenters. The summed E-state index contributed by atoms with van der Waals surface area (Å²) in [6, 6.07) is -0.113. The van der Waals surface area contributed by atoms with Crippen molar-refractivity contribution in [3.8, 4) is 12.3 Å². The number of terminal acetylenes is 1. The summed E-state index contributed by atoms with van der Waals surface area (Å²) in [7, 11) is 0. The zero-order valence-electron chi connectivity index (χ0n) is 8.84. The fraction of sp³-hybridized carbons (Fsp3) is 0.727. The average molecular weight is 194 g/mol. The Morgan fingerprint density at radius 1 is 1.71 bits per heavy atom. The molecular formula is C11H18N2O. The van der Waals surface area contributed by atoms with Crippen molar-refractivity contribution in [2.24, 2.45) is 11.8 Å². The van der Waals surface area contributed by atoms with Gasteiger partial charge < -0.3 is 10.6 Å². The Morgan fingerprint density at radius 3 is 2.71 bits per heavy atom. The summed E-state index contributed by atoms with van der Waals surface area (Å²) in [4.78, 5) is 11.7. The number of amides is 1. The molecule has 1 saturated heterocycles. The van der Waals surface area contributed by atoms with Gasteiger partial charge in [0.15, 0.2) is 0 Å². The molecule has 0 bridgehead atoms. The number of hydrogen-bond acceptors (Lipinski definition) is 2. The molecule has 78 valence electrons. The van der Waals surface area contributed by atoms with Gasteiger partial charge >= 0.3 is 0 Å². The van der Waals surface area contributed by atoms with Crippen LogP contribution in [-0.4, -0.2) is 25.0 Å². The average Bonchev–Trinajstić information content (AvgIpc) is 2.10. The zero-order chi connectivity index (χ0) is 10.6. The van der Waals surface area contributed by atoms with Crippen LogP contribution in [0.5, 0.6) is 0 Å². The lowest BCUT2D eigenvalue weighted by atomic mass is 9.88. The molecule has 2 N–H and O–H groups in total. The van der Waals surface area contributed by atoms with Crippen LogP contribution in [-0.2, 0) is 4.79 Å². The minimum absolute atomic E-state index is 0.0682. The molecule has 1 heterocycles. The lowest BCUT2D eigenvalue weighted by Gasteiger charge is -2.32. The van der Waals surface area contributed by atoms with Crippen LogP contribution >= 0.6 is 0 Å². The Hall–Kier alpha value is -1.01. The van der Waals surface area contributed by atoms with Crippen LogP contribution in [0.3, 0.4) is 0 Å².